The highest BCUT2D eigenvalue weighted by Gasteiger charge is 2.12. The zero-order valence-electron chi connectivity index (χ0n) is 11.1. The van der Waals surface area contributed by atoms with Crippen molar-refractivity contribution in [2.24, 2.45) is 0 Å². The SMILES string of the molecule is CC(O)c1cc(F)ccc1N(C)CCc1cccs1. The summed E-state index contributed by atoms with van der Waals surface area (Å²) in [6.45, 7) is 2.50. The van der Waals surface area contributed by atoms with E-state index in [2.05, 4.69) is 16.3 Å². The molecule has 2 aromatic rings. The maximum atomic E-state index is 13.3. The van der Waals surface area contributed by atoms with Crippen molar-refractivity contribution in [3.63, 3.8) is 0 Å². The number of halogens is 1. The van der Waals surface area contributed by atoms with Gasteiger partial charge >= 0.3 is 0 Å². The summed E-state index contributed by atoms with van der Waals surface area (Å²) in [4.78, 5) is 3.38. The molecule has 2 nitrogen and oxygen atoms in total. The van der Waals surface area contributed by atoms with E-state index in [9.17, 15) is 9.50 Å². The summed E-state index contributed by atoms with van der Waals surface area (Å²) in [5.41, 5.74) is 1.52. The fourth-order valence-electron chi connectivity index (χ4n) is 2.06. The number of rotatable bonds is 5. The van der Waals surface area contributed by atoms with E-state index in [0.717, 1.165) is 18.7 Å². The lowest BCUT2D eigenvalue weighted by Crippen LogP contribution is -2.22. The van der Waals surface area contributed by atoms with Gasteiger partial charge in [-0.15, -0.1) is 11.3 Å². The van der Waals surface area contributed by atoms with Gasteiger partial charge in [0, 0.05) is 29.7 Å². The minimum absolute atomic E-state index is 0.314. The van der Waals surface area contributed by atoms with Crippen LogP contribution in [0.15, 0.2) is 35.7 Å². The molecule has 0 spiro atoms. The summed E-state index contributed by atoms with van der Waals surface area (Å²) in [5.74, 6) is -0.314. The quantitative estimate of drug-likeness (QED) is 0.903. The molecule has 1 N–H and O–H groups in total. The van der Waals surface area contributed by atoms with Crippen LogP contribution in [0.4, 0.5) is 10.1 Å². The van der Waals surface area contributed by atoms with Gasteiger partial charge in [-0.05, 0) is 43.0 Å². The van der Waals surface area contributed by atoms with Crippen LogP contribution in [0.2, 0.25) is 0 Å². The minimum atomic E-state index is -0.671. The summed E-state index contributed by atoms with van der Waals surface area (Å²) in [6, 6.07) is 8.72. The van der Waals surface area contributed by atoms with Crippen molar-refractivity contribution in [2.75, 3.05) is 18.5 Å². The molecule has 1 atom stereocenters. The Hall–Kier alpha value is -1.39. The zero-order chi connectivity index (χ0) is 13.8. The van der Waals surface area contributed by atoms with Crippen LogP contribution >= 0.6 is 11.3 Å². The second kappa shape index (κ2) is 6.17. The van der Waals surface area contributed by atoms with Crippen molar-refractivity contribution in [3.05, 3.63) is 52.0 Å². The molecule has 0 saturated heterocycles. The smallest absolute Gasteiger partial charge is 0.123 e. The van der Waals surface area contributed by atoms with Gasteiger partial charge in [0.15, 0.2) is 0 Å². The first-order valence-electron chi connectivity index (χ1n) is 6.29. The molecule has 0 aliphatic heterocycles. The molecule has 2 rings (SSSR count). The molecule has 0 saturated carbocycles. The Morgan fingerprint density at radius 1 is 1.37 bits per heavy atom. The van der Waals surface area contributed by atoms with Crippen molar-refractivity contribution in [1.82, 2.24) is 0 Å². The number of thiophene rings is 1. The molecule has 1 aromatic heterocycles. The lowest BCUT2D eigenvalue weighted by Gasteiger charge is -2.23. The second-order valence-corrected chi connectivity index (χ2v) is 5.66. The van der Waals surface area contributed by atoms with E-state index in [1.54, 1.807) is 24.3 Å². The van der Waals surface area contributed by atoms with E-state index in [1.165, 1.54) is 17.0 Å². The van der Waals surface area contributed by atoms with Gasteiger partial charge in [-0.3, -0.25) is 0 Å². The molecule has 19 heavy (non-hydrogen) atoms. The van der Waals surface area contributed by atoms with Gasteiger partial charge in [-0.1, -0.05) is 6.07 Å². The standard InChI is InChI=1S/C15H18FNOS/c1-11(18)14-10-12(16)5-6-15(14)17(2)8-7-13-4-3-9-19-13/h3-6,9-11,18H,7-8H2,1-2H3. The average molecular weight is 279 g/mol. The van der Waals surface area contributed by atoms with Crippen LogP contribution in [0.25, 0.3) is 0 Å². The van der Waals surface area contributed by atoms with Crippen molar-refractivity contribution in [1.29, 1.82) is 0 Å². The number of benzene rings is 1. The molecule has 0 aliphatic rings. The predicted octanol–water partition coefficient (Wildman–Crippen LogP) is 3.62. The molecule has 0 aliphatic carbocycles. The topological polar surface area (TPSA) is 23.5 Å². The number of hydrogen-bond acceptors (Lipinski definition) is 3. The largest absolute Gasteiger partial charge is 0.389 e. The van der Waals surface area contributed by atoms with Crippen LogP contribution in [0.5, 0.6) is 0 Å². The van der Waals surface area contributed by atoms with E-state index in [4.69, 9.17) is 0 Å². The first-order chi connectivity index (χ1) is 9.08. The van der Waals surface area contributed by atoms with Crippen LogP contribution in [-0.4, -0.2) is 18.7 Å². The minimum Gasteiger partial charge on any atom is -0.389 e. The van der Waals surface area contributed by atoms with Gasteiger partial charge in [0.25, 0.3) is 0 Å². The van der Waals surface area contributed by atoms with Gasteiger partial charge < -0.3 is 10.0 Å². The first kappa shape index (κ1) is 14.0. The molecule has 1 unspecified atom stereocenters. The molecule has 0 radical (unpaired) electrons. The lowest BCUT2D eigenvalue weighted by molar-refractivity contribution is 0.199. The Kier molecular flexibility index (Phi) is 4.56. The van der Waals surface area contributed by atoms with Crippen LogP contribution in [0.3, 0.4) is 0 Å². The maximum Gasteiger partial charge on any atom is 0.123 e. The molecule has 0 fully saturated rings. The van der Waals surface area contributed by atoms with Crippen LogP contribution in [0.1, 0.15) is 23.5 Å². The van der Waals surface area contributed by atoms with Gasteiger partial charge in [0.1, 0.15) is 5.82 Å². The summed E-state index contributed by atoms with van der Waals surface area (Å²) in [6.07, 6.45) is 0.278. The number of anilines is 1. The van der Waals surface area contributed by atoms with Crippen molar-refractivity contribution >= 4 is 17.0 Å². The fourth-order valence-corrected chi connectivity index (χ4v) is 2.76. The second-order valence-electron chi connectivity index (χ2n) is 4.63. The third-order valence-corrected chi connectivity index (χ3v) is 4.06. The highest BCUT2D eigenvalue weighted by atomic mass is 32.1. The van der Waals surface area contributed by atoms with Crippen LogP contribution in [-0.2, 0) is 6.42 Å². The Bertz CT molecular complexity index is 525. The highest BCUT2D eigenvalue weighted by Crippen LogP contribution is 2.26. The van der Waals surface area contributed by atoms with Gasteiger partial charge in [-0.2, -0.15) is 0 Å². The molecular formula is C15H18FNOS. The highest BCUT2D eigenvalue weighted by molar-refractivity contribution is 7.09. The number of nitrogens with zero attached hydrogens (tertiary/aromatic N) is 1. The third-order valence-electron chi connectivity index (χ3n) is 3.12. The Morgan fingerprint density at radius 2 is 2.16 bits per heavy atom. The molecule has 102 valence electrons. The fraction of sp³-hybridized carbons (Fsp3) is 0.333. The monoisotopic (exact) mass is 279 g/mol. The van der Waals surface area contributed by atoms with Crippen molar-refractivity contribution in [3.8, 4) is 0 Å². The molecular weight excluding hydrogens is 261 g/mol. The van der Waals surface area contributed by atoms with Crippen molar-refractivity contribution < 1.29 is 9.50 Å². The van der Waals surface area contributed by atoms with E-state index in [0.29, 0.717) is 5.56 Å². The van der Waals surface area contributed by atoms with Gasteiger partial charge in [0.2, 0.25) is 0 Å². The number of likely N-dealkylation sites (N-methyl/N-ethyl adjacent to an activating group) is 1. The maximum absolute atomic E-state index is 13.3. The van der Waals surface area contributed by atoms with Gasteiger partial charge in [0.05, 0.1) is 6.10 Å². The summed E-state index contributed by atoms with van der Waals surface area (Å²) in [5, 5.41) is 11.8. The lowest BCUT2D eigenvalue weighted by atomic mass is 10.1. The summed E-state index contributed by atoms with van der Waals surface area (Å²) < 4.78 is 13.3. The van der Waals surface area contributed by atoms with E-state index in [-0.39, 0.29) is 5.82 Å². The zero-order valence-corrected chi connectivity index (χ0v) is 12.0. The number of hydrogen-bond donors (Lipinski definition) is 1. The molecule has 1 heterocycles. The first-order valence-corrected chi connectivity index (χ1v) is 7.17. The van der Waals surface area contributed by atoms with E-state index < -0.39 is 6.10 Å². The van der Waals surface area contributed by atoms with Crippen LogP contribution < -0.4 is 4.90 Å². The van der Waals surface area contributed by atoms with E-state index in [1.807, 2.05) is 13.1 Å². The predicted molar refractivity (Wildman–Crippen MR) is 78.3 cm³/mol. The number of aliphatic hydroxyl groups is 1. The van der Waals surface area contributed by atoms with Crippen molar-refractivity contribution in [2.45, 2.75) is 19.4 Å². The molecule has 0 amide bonds. The Balaban J connectivity index is 2.12. The van der Waals surface area contributed by atoms with Gasteiger partial charge in [-0.25, -0.2) is 4.39 Å². The van der Waals surface area contributed by atoms with Crippen LogP contribution in [0, 0.1) is 5.82 Å². The summed E-state index contributed by atoms with van der Waals surface area (Å²) >= 11 is 1.74. The molecule has 1 aromatic carbocycles. The van der Waals surface area contributed by atoms with E-state index >= 15 is 0 Å². The Labute approximate surface area is 117 Å². The number of aliphatic hydroxyl groups excluding tert-OH is 1. The Morgan fingerprint density at radius 3 is 2.79 bits per heavy atom. The third kappa shape index (κ3) is 3.55. The molecule has 0 bridgehead atoms. The normalized spacial score (nSPS) is 12.4. The summed E-state index contributed by atoms with van der Waals surface area (Å²) in [7, 11) is 1.97. The molecule has 4 heteroatoms. The average Bonchev–Trinajstić information content (AvgIpc) is 2.88.